The van der Waals surface area contributed by atoms with E-state index in [1.165, 1.54) is 6.20 Å². The number of rotatable bonds is 9. The lowest BCUT2D eigenvalue weighted by Gasteiger charge is -2.10. The van der Waals surface area contributed by atoms with Gasteiger partial charge in [-0.05, 0) is 23.8 Å². The largest absolute Gasteiger partial charge is 0.493 e. The Morgan fingerprint density at radius 1 is 1.12 bits per heavy atom. The lowest BCUT2D eigenvalue weighted by Crippen LogP contribution is -2.24. The highest BCUT2D eigenvalue weighted by molar-refractivity contribution is 5.92. The van der Waals surface area contributed by atoms with Crippen molar-refractivity contribution in [1.82, 2.24) is 15.3 Å². The Balaban J connectivity index is 1.97. The minimum atomic E-state index is -0.285. The van der Waals surface area contributed by atoms with Crippen molar-refractivity contribution in [3.05, 3.63) is 41.7 Å². The molecule has 0 radical (unpaired) electrons. The highest BCUT2D eigenvalue weighted by Gasteiger charge is 2.10. The first kappa shape index (κ1) is 18.5. The molecule has 1 aromatic heterocycles. The highest BCUT2D eigenvalue weighted by Crippen LogP contribution is 2.27. The molecule has 134 valence electrons. The van der Waals surface area contributed by atoms with Crippen LogP contribution >= 0.6 is 0 Å². The van der Waals surface area contributed by atoms with Crippen molar-refractivity contribution in [1.29, 1.82) is 0 Å². The normalized spacial score (nSPS) is 10.2. The fourth-order valence-electron chi connectivity index (χ4n) is 2.10. The Morgan fingerprint density at radius 3 is 2.64 bits per heavy atom. The number of hydrogen-bond acceptors (Lipinski definition) is 7. The van der Waals surface area contributed by atoms with E-state index in [0.29, 0.717) is 37.1 Å². The molecule has 2 aromatic rings. The van der Waals surface area contributed by atoms with Gasteiger partial charge in [0.1, 0.15) is 5.69 Å². The molecule has 0 unspecified atom stereocenters. The molecule has 0 aliphatic carbocycles. The maximum absolute atomic E-state index is 12.3. The Bertz CT molecular complexity index is 709. The number of nitrogens with one attached hydrogen (secondary N) is 2. The Labute approximate surface area is 146 Å². The summed E-state index contributed by atoms with van der Waals surface area (Å²) in [5.41, 5.74) is 1.17. The van der Waals surface area contributed by atoms with Crippen LogP contribution in [0.4, 0.5) is 5.95 Å². The number of methoxy groups -OCH3 is 3. The van der Waals surface area contributed by atoms with Gasteiger partial charge in [-0.3, -0.25) is 4.79 Å². The van der Waals surface area contributed by atoms with Gasteiger partial charge in [-0.15, -0.1) is 0 Å². The van der Waals surface area contributed by atoms with Crippen LogP contribution in [0, 0.1) is 0 Å². The van der Waals surface area contributed by atoms with Crippen LogP contribution in [-0.4, -0.2) is 50.4 Å². The maximum atomic E-state index is 12.3. The number of ether oxygens (including phenoxy) is 3. The smallest absolute Gasteiger partial charge is 0.270 e. The predicted molar refractivity (Wildman–Crippen MR) is 93.1 cm³/mol. The first-order valence-corrected chi connectivity index (χ1v) is 7.73. The SMILES string of the molecule is COCCNc1nccc(C(=O)NCc2ccc(OC)c(OC)c2)n1. The number of hydrogen-bond donors (Lipinski definition) is 2. The first-order valence-electron chi connectivity index (χ1n) is 7.73. The van der Waals surface area contributed by atoms with Gasteiger partial charge in [0.15, 0.2) is 11.5 Å². The van der Waals surface area contributed by atoms with E-state index in [1.807, 2.05) is 12.1 Å². The van der Waals surface area contributed by atoms with Crippen molar-refractivity contribution in [2.45, 2.75) is 6.54 Å². The fraction of sp³-hybridized carbons (Fsp3) is 0.353. The van der Waals surface area contributed by atoms with E-state index in [2.05, 4.69) is 20.6 Å². The zero-order valence-corrected chi connectivity index (χ0v) is 14.5. The predicted octanol–water partition coefficient (Wildman–Crippen LogP) is 1.48. The van der Waals surface area contributed by atoms with Crippen LogP contribution in [0.25, 0.3) is 0 Å². The molecule has 1 aromatic carbocycles. The highest BCUT2D eigenvalue weighted by atomic mass is 16.5. The van der Waals surface area contributed by atoms with E-state index in [4.69, 9.17) is 14.2 Å². The van der Waals surface area contributed by atoms with Gasteiger partial charge in [0.25, 0.3) is 5.91 Å². The van der Waals surface area contributed by atoms with Crippen molar-refractivity contribution in [2.24, 2.45) is 0 Å². The summed E-state index contributed by atoms with van der Waals surface area (Å²) in [6.07, 6.45) is 1.54. The van der Waals surface area contributed by atoms with Crippen molar-refractivity contribution >= 4 is 11.9 Å². The Kier molecular flexibility index (Phi) is 6.97. The maximum Gasteiger partial charge on any atom is 0.270 e. The van der Waals surface area contributed by atoms with Crippen LogP contribution in [0.3, 0.4) is 0 Å². The summed E-state index contributed by atoms with van der Waals surface area (Å²) >= 11 is 0. The number of nitrogens with zero attached hydrogens (tertiary/aromatic N) is 2. The van der Waals surface area contributed by atoms with Gasteiger partial charge in [0.05, 0.1) is 20.8 Å². The third-order valence-electron chi connectivity index (χ3n) is 3.38. The Morgan fingerprint density at radius 2 is 1.92 bits per heavy atom. The molecular weight excluding hydrogens is 324 g/mol. The molecule has 0 aliphatic rings. The molecule has 1 amide bonds. The van der Waals surface area contributed by atoms with Crippen LogP contribution in [0.5, 0.6) is 11.5 Å². The lowest BCUT2D eigenvalue weighted by atomic mass is 10.2. The van der Waals surface area contributed by atoms with Gasteiger partial charge < -0.3 is 24.8 Å². The molecule has 0 fully saturated rings. The van der Waals surface area contributed by atoms with E-state index in [-0.39, 0.29) is 11.6 Å². The summed E-state index contributed by atoms with van der Waals surface area (Å²) in [6.45, 7) is 1.43. The number of benzene rings is 1. The van der Waals surface area contributed by atoms with Crippen LogP contribution in [0.15, 0.2) is 30.5 Å². The van der Waals surface area contributed by atoms with Gasteiger partial charge in [0, 0.05) is 26.4 Å². The summed E-state index contributed by atoms with van der Waals surface area (Å²) in [5, 5.41) is 5.81. The molecule has 0 spiro atoms. The van der Waals surface area contributed by atoms with Crippen molar-refractivity contribution in [3.8, 4) is 11.5 Å². The summed E-state index contributed by atoms with van der Waals surface area (Å²) in [4.78, 5) is 20.5. The molecule has 2 N–H and O–H groups in total. The van der Waals surface area contributed by atoms with Gasteiger partial charge >= 0.3 is 0 Å². The molecule has 2 rings (SSSR count). The molecule has 0 saturated heterocycles. The third-order valence-corrected chi connectivity index (χ3v) is 3.38. The van der Waals surface area contributed by atoms with Gasteiger partial charge in [0.2, 0.25) is 5.95 Å². The van der Waals surface area contributed by atoms with Crippen molar-refractivity contribution in [2.75, 3.05) is 39.8 Å². The first-order chi connectivity index (χ1) is 12.2. The van der Waals surface area contributed by atoms with Crippen LogP contribution in [0.1, 0.15) is 16.1 Å². The van der Waals surface area contributed by atoms with Crippen molar-refractivity contribution < 1.29 is 19.0 Å². The number of carbonyl (C=O) groups is 1. The molecule has 0 bridgehead atoms. The zero-order valence-electron chi connectivity index (χ0n) is 14.5. The van der Waals surface area contributed by atoms with Crippen LogP contribution in [-0.2, 0) is 11.3 Å². The second kappa shape index (κ2) is 9.43. The van der Waals surface area contributed by atoms with E-state index in [0.717, 1.165) is 5.56 Å². The van der Waals surface area contributed by atoms with Crippen LogP contribution in [0.2, 0.25) is 0 Å². The summed E-state index contributed by atoms with van der Waals surface area (Å²) in [5.74, 6) is 1.35. The summed E-state index contributed by atoms with van der Waals surface area (Å²) in [7, 11) is 4.76. The van der Waals surface area contributed by atoms with Gasteiger partial charge in [-0.1, -0.05) is 6.07 Å². The number of carbonyl (C=O) groups excluding carboxylic acids is 1. The van der Waals surface area contributed by atoms with E-state index < -0.39 is 0 Å². The molecule has 25 heavy (non-hydrogen) atoms. The molecule has 0 aliphatic heterocycles. The summed E-state index contributed by atoms with van der Waals surface area (Å²) in [6, 6.07) is 7.03. The zero-order chi connectivity index (χ0) is 18.1. The summed E-state index contributed by atoms with van der Waals surface area (Å²) < 4.78 is 15.4. The minimum Gasteiger partial charge on any atom is -0.493 e. The Hall–Kier alpha value is -2.87. The average Bonchev–Trinajstić information content (AvgIpc) is 2.66. The number of anilines is 1. The third kappa shape index (κ3) is 5.32. The molecule has 0 atom stereocenters. The second-order valence-electron chi connectivity index (χ2n) is 5.06. The monoisotopic (exact) mass is 346 g/mol. The van der Waals surface area contributed by atoms with E-state index in [9.17, 15) is 4.79 Å². The standard InChI is InChI=1S/C17H22N4O4/c1-23-9-8-19-17-18-7-6-13(21-17)16(22)20-11-12-4-5-14(24-2)15(10-12)25-3/h4-7,10H,8-9,11H2,1-3H3,(H,20,22)(H,18,19,21). The van der Waals surface area contributed by atoms with E-state index >= 15 is 0 Å². The topological polar surface area (TPSA) is 94.6 Å². The van der Waals surface area contributed by atoms with Gasteiger partial charge in [-0.2, -0.15) is 0 Å². The van der Waals surface area contributed by atoms with Crippen LogP contribution < -0.4 is 20.1 Å². The number of aromatic nitrogens is 2. The molecule has 8 nitrogen and oxygen atoms in total. The molecule has 8 heteroatoms. The van der Waals surface area contributed by atoms with E-state index in [1.54, 1.807) is 33.5 Å². The fourth-order valence-corrected chi connectivity index (χ4v) is 2.10. The molecule has 1 heterocycles. The second-order valence-corrected chi connectivity index (χ2v) is 5.06. The number of amides is 1. The average molecular weight is 346 g/mol. The molecule has 0 saturated carbocycles. The minimum absolute atomic E-state index is 0.285. The quantitative estimate of drug-likeness (QED) is 0.664. The van der Waals surface area contributed by atoms with Crippen molar-refractivity contribution in [3.63, 3.8) is 0 Å². The lowest BCUT2D eigenvalue weighted by molar-refractivity contribution is 0.0946. The van der Waals surface area contributed by atoms with Gasteiger partial charge in [-0.25, -0.2) is 9.97 Å². The molecular formula is C17H22N4O4.